The van der Waals surface area contributed by atoms with E-state index >= 15 is 0 Å². The van der Waals surface area contributed by atoms with Gasteiger partial charge in [0.05, 0.1) is 6.04 Å². The van der Waals surface area contributed by atoms with Crippen molar-refractivity contribution in [3.05, 3.63) is 59.5 Å². The van der Waals surface area contributed by atoms with E-state index in [-0.39, 0.29) is 23.6 Å². The van der Waals surface area contributed by atoms with Crippen molar-refractivity contribution in [1.29, 1.82) is 0 Å². The van der Waals surface area contributed by atoms with Crippen LogP contribution in [0.3, 0.4) is 0 Å². The normalized spacial score (nSPS) is 15.4. The van der Waals surface area contributed by atoms with E-state index < -0.39 is 0 Å². The summed E-state index contributed by atoms with van der Waals surface area (Å²) in [5.74, 6) is 0.665. The molecule has 2 aromatic rings. The van der Waals surface area contributed by atoms with Crippen LogP contribution in [-0.2, 0) is 16.1 Å². The van der Waals surface area contributed by atoms with E-state index in [2.05, 4.69) is 5.32 Å². The molecule has 0 bridgehead atoms. The molecule has 2 heterocycles. The topological polar surface area (TPSA) is 71.8 Å². The number of amides is 2. The average Bonchev–Trinajstić information content (AvgIpc) is 3.25. The van der Waals surface area contributed by atoms with Gasteiger partial charge in [0.1, 0.15) is 12.4 Å². The van der Waals surface area contributed by atoms with E-state index in [0.717, 1.165) is 18.5 Å². The van der Waals surface area contributed by atoms with Crippen molar-refractivity contribution in [1.82, 2.24) is 10.2 Å². The predicted octanol–water partition coefficient (Wildman–Crippen LogP) is 2.52. The Bertz CT molecular complexity index is 726. The number of nitrogens with one attached hydrogen (secondary N) is 1. The monoisotopic (exact) mass is 342 g/mol. The third-order valence-electron chi connectivity index (χ3n) is 4.25. The molecule has 132 valence electrons. The highest BCUT2D eigenvalue weighted by Gasteiger charge is 2.26. The summed E-state index contributed by atoms with van der Waals surface area (Å²) in [5.41, 5.74) is 0.958. The molecule has 0 saturated carbocycles. The van der Waals surface area contributed by atoms with Gasteiger partial charge >= 0.3 is 0 Å². The summed E-state index contributed by atoms with van der Waals surface area (Å²) >= 11 is 0. The van der Waals surface area contributed by atoms with Crippen LogP contribution >= 0.6 is 0 Å². The van der Waals surface area contributed by atoms with Crippen LogP contribution in [0.1, 0.15) is 40.8 Å². The fourth-order valence-electron chi connectivity index (χ4n) is 2.99. The van der Waals surface area contributed by atoms with Gasteiger partial charge in [0, 0.05) is 26.6 Å². The fourth-order valence-corrected chi connectivity index (χ4v) is 2.99. The summed E-state index contributed by atoms with van der Waals surface area (Å²) in [6.45, 7) is 1.51. The fraction of sp³-hybridized carbons (Fsp3) is 0.368. The van der Waals surface area contributed by atoms with Gasteiger partial charge in [-0.25, -0.2) is 0 Å². The van der Waals surface area contributed by atoms with E-state index in [0.29, 0.717) is 25.3 Å². The lowest BCUT2D eigenvalue weighted by Crippen LogP contribution is -2.38. The minimum Gasteiger partial charge on any atom is -0.453 e. The maximum atomic E-state index is 12.6. The van der Waals surface area contributed by atoms with E-state index in [1.165, 1.54) is 0 Å². The molecule has 0 radical (unpaired) electrons. The Balaban J connectivity index is 1.74. The van der Waals surface area contributed by atoms with Gasteiger partial charge in [-0.3, -0.25) is 9.59 Å². The average molecular weight is 342 g/mol. The zero-order valence-corrected chi connectivity index (χ0v) is 14.2. The van der Waals surface area contributed by atoms with Crippen LogP contribution in [0.15, 0.2) is 46.9 Å². The lowest BCUT2D eigenvalue weighted by atomic mass is 10.1. The van der Waals surface area contributed by atoms with Crippen LogP contribution in [-0.4, -0.2) is 36.9 Å². The molecule has 1 fully saturated rings. The Morgan fingerprint density at radius 2 is 2.08 bits per heavy atom. The van der Waals surface area contributed by atoms with Crippen LogP contribution in [0.5, 0.6) is 0 Å². The van der Waals surface area contributed by atoms with Crippen LogP contribution < -0.4 is 5.32 Å². The number of benzene rings is 1. The zero-order valence-electron chi connectivity index (χ0n) is 14.2. The van der Waals surface area contributed by atoms with E-state index in [9.17, 15) is 9.59 Å². The van der Waals surface area contributed by atoms with Crippen molar-refractivity contribution >= 4 is 11.8 Å². The van der Waals surface area contributed by atoms with Gasteiger partial charge in [0.2, 0.25) is 5.91 Å². The van der Waals surface area contributed by atoms with Crippen molar-refractivity contribution in [3.8, 4) is 0 Å². The molecule has 1 aromatic carbocycles. The summed E-state index contributed by atoms with van der Waals surface area (Å²) in [6, 6.07) is 12.7. The zero-order chi connectivity index (χ0) is 17.6. The SMILES string of the molecule is COCc1ccc(C(=O)NC(CN2CCCC2=O)c2ccccc2)o1. The van der Waals surface area contributed by atoms with Crippen LogP contribution in [0.2, 0.25) is 0 Å². The third kappa shape index (κ3) is 4.28. The number of hydrogen-bond acceptors (Lipinski definition) is 4. The largest absolute Gasteiger partial charge is 0.453 e. The van der Waals surface area contributed by atoms with Gasteiger partial charge in [-0.05, 0) is 24.1 Å². The molecule has 0 spiro atoms. The van der Waals surface area contributed by atoms with Gasteiger partial charge in [0.25, 0.3) is 5.91 Å². The first-order valence-electron chi connectivity index (χ1n) is 8.38. The van der Waals surface area contributed by atoms with E-state index in [4.69, 9.17) is 9.15 Å². The molecule has 1 unspecified atom stereocenters. The summed E-state index contributed by atoms with van der Waals surface area (Å²) in [6.07, 6.45) is 1.45. The highest BCUT2D eigenvalue weighted by Crippen LogP contribution is 2.19. The van der Waals surface area contributed by atoms with Crippen molar-refractivity contribution in [2.45, 2.75) is 25.5 Å². The molecule has 2 amide bonds. The second-order valence-corrected chi connectivity index (χ2v) is 6.08. The van der Waals surface area contributed by atoms with Gasteiger partial charge in [-0.15, -0.1) is 0 Å². The van der Waals surface area contributed by atoms with Crippen molar-refractivity contribution in [2.24, 2.45) is 0 Å². The minimum absolute atomic E-state index is 0.135. The smallest absolute Gasteiger partial charge is 0.287 e. The Kier molecular flexibility index (Phi) is 5.50. The molecule has 0 aliphatic carbocycles. The molecular formula is C19H22N2O4. The minimum atomic E-state index is -0.303. The van der Waals surface area contributed by atoms with Gasteiger partial charge in [0.15, 0.2) is 5.76 Å². The van der Waals surface area contributed by atoms with Crippen LogP contribution in [0.4, 0.5) is 0 Å². The van der Waals surface area contributed by atoms with Crippen molar-refractivity contribution in [2.75, 3.05) is 20.2 Å². The molecular weight excluding hydrogens is 320 g/mol. The lowest BCUT2D eigenvalue weighted by Gasteiger charge is -2.25. The molecule has 1 N–H and O–H groups in total. The van der Waals surface area contributed by atoms with Gasteiger partial charge < -0.3 is 19.4 Å². The maximum Gasteiger partial charge on any atom is 0.287 e. The molecule has 1 aromatic heterocycles. The molecule has 3 rings (SSSR count). The van der Waals surface area contributed by atoms with Crippen molar-refractivity contribution in [3.63, 3.8) is 0 Å². The van der Waals surface area contributed by atoms with Crippen LogP contribution in [0.25, 0.3) is 0 Å². The van der Waals surface area contributed by atoms with Gasteiger partial charge in [-0.2, -0.15) is 0 Å². The Hall–Kier alpha value is -2.60. The standard InChI is InChI=1S/C19H22N2O4/c1-24-13-15-9-10-17(25-15)19(23)20-16(14-6-3-2-4-7-14)12-21-11-5-8-18(21)22/h2-4,6-7,9-10,16H,5,8,11-13H2,1H3,(H,20,23). The first kappa shape index (κ1) is 17.2. The number of furan rings is 1. The Morgan fingerprint density at radius 3 is 2.76 bits per heavy atom. The Morgan fingerprint density at radius 1 is 1.28 bits per heavy atom. The third-order valence-corrected chi connectivity index (χ3v) is 4.25. The molecule has 6 heteroatoms. The highest BCUT2D eigenvalue weighted by molar-refractivity contribution is 5.91. The van der Waals surface area contributed by atoms with Crippen LogP contribution in [0, 0.1) is 0 Å². The quantitative estimate of drug-likeness (QED) is 0.839. The molecule has 6 nitrogen and oxygen atoms in total. The first-order chi connectivity index (χ1) is 12.2. The molecule has 25 heavy (non-hydrogen) atoms. The predicted molar refractivity (Wildman–Crippen MR) is 91.9 cm³/mol. The number of nitrogens with zero attached hydrogens (tertiary/aromatic N) is 1. The number of carbonyl (C=O) groups excluding carboxylic acids is 2. The summed E-state index contributed by atoms with van der Waals surface area (Å²) in [4.78, 5) is 26.3. The molecule has 1 aliphatic rings. The molecule has 1 saturated heterocycles. The number of methoxy groups -OCH3 is 1. The molecule has 1 atom stereocenters. The van der Waals surface area contributed by atoms with Crippen molar-refractivity contribution < 1.29 is 18.7 Å². The summed E-state index contributed by atoms with van der Waals surface area (Å²) in [7, 11) is 1.57. The molecule has 1 aliphatic heterocycles. The highest BCUT2D eigenvalue weighted by atomic mass is 16.5. The first-order valence-corrected chi connectivity index (χ1v) is 8.38. The number of hydrogen-bond donors (Lipinski definition) is 1. The second-order valence-electron chi connectivity index (χ2n) is 6.08. The van der Waals surface area contributed by atoms with E-state index in [1.54, 1.807) is 24.1 Å². The number of rotatable bonds is 7. The summed E-state index contributed by atoms with van der Waals surface area (Å²) in [5, 5.41) is 2.99. The maximum absolute atomic E-state index is 12.6. The lowest BCUT2D eigenvalue weighted by molar-refractivity contribution is -0.128. The van der Waals surface area contributed by atoms with E-state index in [1.807, 2.05) is 30.3 Å². The Labute approximate surface area is 146 Å². The second kappa shape index (κ2) is 7.98. The number of ether oxygens (including phenoxy) is 1. The summed E-state index contributed by atoms with van der Waals surface area (Å²) < 4.78 is 10.5. The number of carbonyl (C=O) groups is 2. The number of likely N-dealkylation sites (tertiary alicyclic amines) is 1. The van der Waals surface area contributed by atoms with Gasteiger partial charge in [-0.1, -0.05) is 30.3 Å².